The molecule has 0 saturated heterocycles. The second-order valence-electron chi connectivity index (χ2n) is 8.52. The number of furan rings is 1. The summed E-state index contributed by atoms with van der Waals surface area (Å²) in [4.78, 5) is 11.4. The van der Waals surface area contributed by atoms with Gasteiger partial charge in [-0.3, -0.25) is 4.79 Å². The van der Waals surface area contributed by atoms with Gasteiger partial charge in [-0.25, -0.2) is 0 Å². The van der Waals surface area contributed by atoms with Crippen LogP contribution in [0, 0.1) is 6.92 Å². The lowest BCUT2D eigenvalue weighted by molar-refractivity contribution is -0.140. The van der Waals surface area contributed by atoms with Crippen LogP contribution < -0.4 is 9.47 Å². The Morgan fingerprint density at radius 3 is 2.66 bits per heavy atom. The van der Waals surface area contributed by atoms with Gasteiger partial charge in [0.2, 0.25) is 0 Å². The highest BCUT2D eigenvalue weighted by Gasteiger charge is 2.15. The summed E-state index contributed by atoms with van der Waals surface area (Å²) >= 11 is 6.28. The number of hydrogen-bond acceptors (Lipinski definition) is 5. The number of fused-ring (bicyclic) bond motifs is 1. The van der Waals surface area contributed by atoms with E-state index in [1.165, 1.54) is 7.11 Å². The van der Waals surface area contributed by atoms with Gasteiger partial charge in [0.25, 0.3) is 0 Å². The van der Waals surface area contributed by atoms with Crippen molar-refractivity contribution in [1.82, 2.24) is 0 Å². The zero-order chi connectivity index (χ0) is 24.8. The van der Waals surface area contributed by atoms with E-state index < -0.39 is 0 Å². The molecule has 6 heteroatoms. The maximum atomic E-state index is 11.4. The molecule has 1 atom stereocenters. The second kappa shape index (κ2) is 11.3. The molecule has 0 bridgehead atoms. The molecule has 3 aromatic carbocycles. The summed E-state index contributed by atoms with van der Waals surface area (Å²) in [6.45, 7) is 4.54. The Hall–Kier alpha value is -3.44. The fraction of sp³-hybridized carbons (Fsp3) is 0.276. The zero-order valence-corrected chi connectivity index (χ0v) is 20.9. The van der Waals surface area contributed by atoms with Crippen LogP contribution >= 0.6 is 11.6 Å². The summed E-state index contributed by atoms with van der Waals surface area (Å²) in [5.41, 5.74) is 3.84. The monoisotopic (exact) mass is 492 g/mol. The Morgan fingerprint density at radius 2 is 1.89 bits per heavy atom. The standard InChI is InChI=1S/C29H29ClO5/c1-19-16-24(11-8-21(19)9-13-29(31)32-3)33-15-14-20(2)34-27-12-10-23(30)18-25(27)28-17-22-6-4-5-7-26(22)35-28/h4-8,10-12,16-18,20H,9,13-15H2,1-3H3. The molecule has 4 rings (SSSR count). The van der Waals surface area contributed by atoms with E-state index in [0.717, 1.165) is 39.2 Å². The summed E-state index contributed by atoms with van der Waals surface area (Å²) in [6.07, 6.45) is 1.64. The highest BCUT2D eigenvalue weighted by molar-refractivity contribution is 6.31. The molecule has 0 aliphatic heterocycles. The van der Waals surface area contributed by atoms with Gasteiger partial charge in [-0.05, 0) is 73.9 Å². The van der Waals surface area contributed by atoms with Crippen molar-refractivity contribution in [3.63, 3.8) is 0 Å². The number of aryl methyl sites for hydroxylation is 2. The summed E-state index contributed by atoms with van der Waals surface area (Å²) < 4.78 is 23.0. The third-order valence-electron chi connectivity index (χ3n) is 5.89. The molecule has 0 saturated carbocycles. The van der Waals surface area contributed by atoms with E-state index >= 15 is 0 Å². The number of rotatable bonds is 10. The van der Waals surface area contributed by atoms with Crippen molar-refractivity contribution >= 4 is 28.5 Å². The first-order valence-corrected chi connectivity index (χ1v) is 12.0. The Labute approximate surface area is 210 Å². The average molecular weight is 493 g/mol. The van der Waals surface area contributed by atoms with Crippen molar-refractivity contribution < 1.29 is 23.4 Å². The van der Waals surface area contributed by atoms with Gasteiger partial charge in [0.1, 0.15) is 22.8 Å². The fourth-order valence-corrected chi connectivity index (χ4v) is 4.08. The lowest BCUT2D eigenvalue weighted by Gasteiger charge is -2.18. The van der Waals surface area contributed by atoms with E-state index in [4.69, 9.17) is 30.2 Å². The number of carbonyl (C=O) groups excluding carboxylic acids is 1. The van der Waals surface area contributed by atoms with Crippen LogP contribution in [0.3, 0.4) is 0 Å². The number of methoxy groups -OCH3 is 1. The molecule has 0 radical (unpaired) electrons. The molecule has 5 nitrogen and oxygen atoms in total. The summed E-state index contributed by atoms with van der Waals surface area (Å²) in [6, 6.07) is 21.4. The molecule has 4 aromatic rings. The van der Waals surface area contributed by atoms with Gasteiger partial charge >= 0.3 is 5.97 Å². The molecule has 0 fully saturated rings. The van der Waals surface area contributed by atoms with Crippen LogP contribution in [0.25, 0.3) is 22.3 Å². The third-order valence-corrected chi connectivity index (χ3v) is 6.13. The zero-order valence-electron chi connectivity index (χ0n) is 20.2. The quantitative estimate of drug-likeness (QED) is 0.216. The highest BCUT2D eigenvalue weighted by atomic mass is 35.5. The van der Waals surface area contributed by atoms with E-state index in [1.54, 1.807) is 0 Å². The maximum Gasteiger partial charge on any atom is 0.305 e. The topological polar surface area (TPSA) is 57.9 Å². The van der Waals surface area contributed by atoms with Crippen molar-refractivity contribution in [1.29, 1.82) is 0 Å². The minimum Gasteiger partial charge on any atom is -0.493 e. The molecule has 1 unspecified atom stereocenters. The third kappa shape index (κ3) is 6.37. The minimum absolute atomic E-state index is 0.0836. The van der Waals surface area contributed by atoms with Gasteiger partial charge in [-0.2, -0.15) is 0 Å². The van der Waals surface area contributed by atoms with Crippen LogP contribution in [0.5, 0.6) is 11.5 Å². The van der Waals surface area contributed by atoms with Crippen molar-refractivity contribution in [3.8, 4) is 22.8 Å². The van der Waals surface area contributed by atoms with Crippen LogP contribution in [0.15, 0.2) is 71.1 Å². The van der Waals surface area contributed by atoms with E-state index in [-0.39, 0.29) is 12.1 Å². The largest absolute Gasteiger partial charge is 0.493 e. The summed E-state index contributed by atoms with van der Waals surface area (Å²) in [5.74, 6) is 2.02. The molecule has 0 amide bonds. The number of para-hydroxylation sites is 1. The SMILES string of the molecule is COC(=O)CCc1ccc(OCCC(C)Oc2ccc(Cl)cc2-c2cc3ccccc3o2)cc1C. The molecule has 182 valence electrons. The van der Waals surface area contributed by atoms with E-state index in [9.17, 15) is 4.79 Å². The van der Waals surface area contributed by atoms with Crippen molar-refractivity contribution in [3.05, 3.63) is 82.9 Å². The lowest BCUT2D eigenvalue weighted by atomic mass is 10.0. The summed E-state index contributed by atoms with van der Waals surface area (Å²) in [7, 11) is 1.41. The number of hydrogen-bond donors (Lipinski definition) is 0. The van der Waals surface area contributed by atoms with Crippen LogP contribution in [-0.4, -0.2) is 25.8 Å². The molecular formula is C29H29ClO5. The predicted octanol–water partition coefficient (Wildman–Crippen LogP) is 7.40. The lowest BCUT2D eigenvalue weighted by Crippen LogP contribution is -2.16. The van der Waals surface area contributed by atoms with E-state index in [2.05, 4.69) is 0 Å². The van der Waals surface area contributed by atoms with Crippen molar-refractivity contribution in [2.45, 2.75) is 39.2 Å². The van der Waals surface area contributed by atoms with Gasteiger partial charge in [0.05, 0.1) is 25.4 Å². The molecule has 0 N–H and O–H groups in total. The van der Waals surface area contributed by atoms with Gasteiger partial charge in [-0.1, -0.05) is 35.9 Å². The number of ether oxygens (including phenoxy) is 3. The Balaban J connectivity index is 1.36. The number of carbonyl (C=O) groups is 1. The van der Waals surface area contributed by atoms with Crippen LogP contribution in [0.2, 0.25) is 5.02 Å². The minimum atomic E-state index is -0.206. The van der Waals surface area contributed by atoms with Crippen LogP contribution in [0.4, 0.5) is 0 Å². The molecule has 1 aromatic heterocycles. The van der Waals surface area contributed by atoms with Crippen LogP contribution in [-0.2, 0) is 16.0 Å². The summed E-state index contributed by atoms with van der Waals surface area (Å²) in [5, 5.41) is 1.65. The molecular weight excluding hydrogens is 464 g/mol. The van der Waals surface area contributed by atoms with Crippen molar-refractivity contribution in [2.75, 3.05) is 13.7 Å². The van der Waals surface area contributed by atoms with Gasteiger partial charge in [-0.15, -0.1) is 0 Å². The molecule has 0 spiro atoms. The maximum absolute atomic E-state index is 11.4. The molecule has 35 heavy (non-hydrogen) atoms. The number of halogens is 1. The number of benzene rings is 3. The normalized spacial score (nSPS) is 11.9. The fourth-order valence-electron chi connectivity index (χ4n) is 3.91. The molecule has 0 aliphatic rings. The first-order valence-electron chi connectivity index (χ1n) is 11.7. The average Bonchev–Trinajstić information content (AvgIpc) is 3.28. The Morgan fingerprint density at radius 1 is 1.06 bits per heavy atom. The highest BCUT2D eigenvalue weighted by Crippen LogP contribution is 2.36. The number of esters is 1. The smallest absolute Gasteiger partial charge is 0.305 e. The Bertz CT molecular complexity index is 1280. The van der Waals surface area contributed by atoms with E-state index in [0.29, 0.717) is 36.6 Å². The van der Waals surface area contributed by atoms with Gasteiger partial charge in [0, 0.05) is 23.3 Å². The first-order chi connectivity index (χ1) is 16.9. The first kappa shape index (κ1) is 24.7. The van der Waals surface area contributed by atoms with Crippen LogP contribution in [0.1, 0.15) is 30.9 Å². The second-order valence-corrected chi connectivity index (χ2v) is 8.96. The molecule has 0 aliphatic carbocycles. The van der Waals surface area contributed by atoms with Gasteiger partial charge in [0.15, 0.2) is 0 Å². The predicted molar refractivity (Wildman–Crippen MR) is 138 cm³/mol. The van der Waals surface area contributed by atoms with E-state index in [1.807, 2.05) is 80.6 Å². The van der Waals surface area contributed by atoms with Crippen molar-refractivity contribution in [2.24, 2.45) is 0 Å². The molecule has 1 heterocycles. The Kier molecular flexibility index (Phi) is 7.98. The van der Waals surface area contributed by atoms with Gasteiger partial charge < -0.3 is 18.6 Å².